The van der Waals surface area contributed by atoms with Crippen LogP contribution in [-0.2, 0) is 9.59 Å². The zero-order valence-electron chi connectivity index (χ0n) is 19.7. The third-order valence-electron chi connectivity index (χ3n) is 5.28. The molecule has 2 aromatic rings. The maximum absolute atomic E-state index is 13.1. The molecule has 190 valence electrons. The lowest BCUT2D eigenvalue weighted by molar-refractivity contribution is -0.111. The first kappa shape index (κ1) is 25.4. The molecule has 1 aromatic heterocycles. The predicted octanol–water partition coefficient (Wildman–Crippen LogP) is 1.17. The van der Waals surface area contributed by atoms with E-state index in [0.717, 1.165) is 12.1 Å². The summed E-state index contributed by atoms with van der Waals surface area (Å²) in [5, 5.41) is 9.70. The van der Waals surface area contributed by atoms with Gasteiger partial charge in [-0.15, -0.1) is 0 Å². The molecule has 38 heavy (non-hydrogen) atoms. The van der Waals surface area contributed by atoms with Gasteiger partial charge in [0.15, 0.2) is 17.0 Å². The standard InChI is InChI=1S/C27H21N5O6/c33-20-11-9-19(10-12-20)32-22(26(37)30-28-15-17-5-1-3-7-24(17)35)13-21(34)14-23(32)27(38)31-29-16-18-6-2-4-8-25(18)36/h1-16,28-29,33H,(H,30,37)(H,31,38)/b17-15+,18-16+. The molecule has 1 aromatic carbocycles. The van der Waals surface area contributed by atoms with Crippen LogP contribution >= 0.6 is 0 Å². The highest BCUT2D eigenvalue weighted by molar-refractivity contribution is 6.08. The number of hydrazine groups is 2. The van der Waals surface area contributed by atoms with Gasteiger partial charge in [0, 0.05) is 41.4 Å². The van der Waals surface area contributed by atoms with Gasteiger partial charge in [-0.05, 0) is 48.6 Å². The molecule has 11 nitrogen and oxygen atoms in total. The number of nitrogens with zero attached hydrogens (tertiary/aromatic N) is 1. The van der Waals surface area contributed by atoms with Crippen LogP contribution < -0.4 is 27.1 Å². The summed E-state index contributed by atoms with van der Waals surface area (Å²) >= 11 is 0. The van der Waals surface area contributed by atoms with Gasteiger partial charge in [-0.3, -0.25) is 34.8 Å². The molecular weight excluding hydrogens is 490 g/mol. The van der Waals surface area contributed by atoms with Crippen LogP contribution in [-0.4, -0.2) is 33.1 Å². The van der Waals surface area contributed by atoms with E-state index >= 15 is 0 Å². The highest BCUT2D eigenvalue weighted by Crippen LogP contribution is 2.18. The molecule has 0 fully saturated rings. The van der Waals surface area contributed by atoms with E-state index in [2.05, 4.69) is 21.7 Å². The van der Waals surface area contributed by atoms with Gasteiger partial charge in [0.2, 0.25) is 0 Å². The van der Waals surface area contributed by atoms with E-state index in [0.29, 0.717) is 16.8 Å². The first-order valence-electron chi connectivity index (χ1n) is 11.2. The summed E-state index contributed by atoms with van der Waals surface area (Å²) in [4.78, 5) is 62.4. The molecule has 0 saturated heterocycles. The third-order valence-corrected chi connectivity index (χ3v) is 5.28. The molecule has 0 aliphatic heterocycles. The van der Waals surface area contributed by atoms with Crippen LogP contribution in [0.1, 0.15) is 21.0 Å². The summed E-state index contributed by atoms with van der Waals surface area (Å²) in [7, 11) is 0. The van der Waals surface area contributed by atoms with Crippen molar-refractivity contribution < 1.29 is 24.3 Å². The van der Waals surface area contributed by atoms with Crippen molar-refractivity contribution in [2.75, 3.05) is 0 Å². The lowest BCUT2D eigenvalue weighted by Gasteiger charge is -2.18. The number of benzene rings is 1. The molecule has 2 amide bonds. The average molecular weight is 511 g/mol. The van der Waals surface area contributed by atoms with E-state index in [1.54, 1.807) is 36.5 Å². The molecule has 0 radical (unpaired) electrons. The number of allylic oxidation sites excluding steroid dienone is 10. The van der Waals surface area contributed by atoms with Gasteiger partial charge in [0.1, 0.15) is 17.1 Å². The van der Waals surface area contributed by atoms with Crippen LogP contribution in [0, 0.1) is 0 Å². The summed E-state index contributed by atoms with van der Waals surface area (Å²) in [6.07, 6.45) is 14.9. The van der Waals surface area contributed by atoms with Crippen molar-refractivity contribution in [2.45, 2.75) is 0 Å². The summed E-state index contributed by atoms with van der Waals surface area (Å²) in [5.41, 5.74) is 9.64. The van der Waals surface area contributed by atoms with Crippen molar-refractivity contribution in [3.05, 3.63) is 130 Å². The minimum atomic E-state index is -0.788. The van der Waals surface area contributed by atoms with Gasteiger partial charge >= 0.3 is 0 Å². The Balaban J connectivity index is 1.64. The Morgan fingerprint density at radius 3 is 1.58 bits per heavy atom. The Labute approximate surface area is 215 Å². The molecule has 2 aliphatic carbocycles. The van der Waals surface area contributed by atoms with Crippen molar-refractivity contribution in [2.24, 2.45) is 0 Å². The molecule has 1 heterocycles. The SMILES string of the molecule is O=C1C=CC=C/C1=C\NNC(=O)c1cc(=O)cc(C(=O)NN/C=C2\C=CC=CC2=O)n1-c1ccc(O)cc1. The fourth-order valence-corrected chi connectivity index (χ4v) is 3.47. The average Bonchev–Trinajstić information content (AvgIpc) is 2.91. The maximum atomic E-state index is 13.1. The van der Waals surface area contributed by atoms with E-state index in [1.807, 2.05) is 0 Å². The highest BCUT2D eigenvalue weighted by Gasteiger charge is 2.21. The number of hydrogen-bond acceptors (Lipinski definition) is 8. The number of phenols is 1. The van der Waals surface area contributed by atoms with Crippen LogP contribution in [0.5, 0.6) is 5.75 Å². The summed E-state index contributed by atoms with van der Waals surface area (Å²) in [6, 6.07) is 7.68. The van der Waals surface area contributed by atoms with Crippen molar-refractivity contribution >= 4 is 23.4 Å². The molecular formula is C27H21N5O6. The van der Waals surface area contributed by atoms with Gasteiger partial charge in [-0.1, -0.05) is 24.3 Å². The topological polar surface area (TPSA) is 159 Å². The third kappa shape index (κ3) is 5.91. The second kappa shape index (κ2) is 11.4. The number of phenolic OH excluding ortho intramolecular Hbond substituents is 1. The predicted molar refractivity (Wildman–Crippen MR) is 138 cm³/mol. The quantitative estimate of drug-likeness (QED) is 0.274. The van der Waals surface area contributed by atoms with Crippen molar-refractivity contribution in [3.8, 4) is 11.4 Å². The lowest BCUT2D eigenvalue weighted by atomic mass is 10.1. The zero-order chi connectivity index (χ0) is 27.1. The maximum Gasteiger partial charge on any atom is 0.286 e. The number of aromatic nitrogens is 1. The Morgan fingerprint density at radius 2 is 1.13 bits per heavy atom. The van der Waals surface area contributed by atoms with Crippen LogP contribution in [0.15, 0.2) is 113 Å². The Bertz CT molecular complexity index is 1460. The van der Waals surface area contributed by atoms with E-state index in [9.17, 15) is 29.1 Å². The Kier molecular flexibility index (Phi) is 7.58. The number of amides is 2. The van der Waals surface area contributed by atoms with Crippen molar-refractivity contribution in [1.29, 1.82) is 0 Å². The number of rotatable bonds is 7. The Hall–Kier alpha value is -5.71. The fraction of sp³-hybridized carbons (Fsp3) is 0. The molecule has 0 unspecified atom stereocenters. The number of ketones is 2. The minimum Gasteiger partial charge on any atom is -0.508 e. The summed E-state index contributed by atoms with van der Waals surface area (Å²) < 4.78 is 1.22. The highest BCUT2D eigenvalue weighted by atomic mass is 16.3. The van der Waals surface area contributed by atoms with E-state index in [4.69, 9.17) is 0 Å². The van der Waals surface area contributed by atoms with E-state index < -0.39 is 17.2 Å². The molecule has 0 saturated carbocycles. The van der Waals surface area contributed by atoms with Gasteiger partial charge < -0.3 is 20.5 Å². The van der Waals surface area contributed by atoms with Crippen molar-refractivity contribution in [1.82, 2.24) is 26.3 Å². The molecule has 4 rings (SSSR count). The molecule has 0 bridgehead atoms. The molecule has 11 heteroatoms. The molecule has 5 N–H and O–H groups in total. The van der Waals surface area contributed by atoms with E-state index in [-0.39, 0.29) is 28.7 Å². The van der Waals surface area contributed by atoms with Gasteiger partial charge in [0.25, 0.3) is 11.8 Å². The van der Waals surface area contributed by atoms with Crippen molar-refractivity contribution in [3.63, 3.8) is 0 Å². The summed E-state index contributed by atoms with van der Waals surface area (Å²) in [6.45, 7) is 0. The van der Waals surface area contributed by atoms with Gasteiger partial charge in [-0.25, -0.2) is 0 Å². The molecule has 0 spiro atoms. The molecule has 2 aliphatic rings. The lowest BCUT2D eigenvalue weighted by Crippen LogP contribution is -2.40. The number of carbonyl (C=O) groups is 4. The zero-order valence-corrected chi connectivity index (χ0v) is 19.7. The number of nitrogens with one attached hydrogen (secondary N) is 4. The number of hydrogen-bond donors (Lipinski definition) is 5. The van der Waals surface area contributed by atoms with Crippen LogP contribution in [0.25, 0.3) is 5.69 Å². The van der Waals surface area contributed by atoms with E-state index in [1.165, 1.54) is 53.4 Å². The smallest absolute Gasteiger partial charge is 0.286 e. The Morgan fingerprint density at radius 1 is 0.684 bits per heavy atom. The first-order chi connectivity index (χ1) is 18.3. The largest absolute Gasteiger partial charge is 0.508 e. The number of pyridine rings is 1. The van der Waals surface area contributed by atoms with Crippen LogP contribution in [0.2, 0.25) is 0 Å². The minimum absolute atomic E-state index is 0.0492. The van der Waals surface area contributed by atoms with Gasteiger partial charge in [-0.2, -0.15) is 0 Å². The second-order valence-electron chi connectivity index (χ2n) is 7.87. The van der Waals surface area contributed by atoms with Gasteiger partial charge in [0.05, 0.1) is 0 Å². The second-order valence-corrected chi connectivity index (χ2v) is 7.87. The monoisotopic (exact) mass is 511 g/mol. The van der Waals surface area contributed by atoms with Crippen LogP contribution in [0.4, 0.5) is 0 Å². The normalized spacial score (nSPS) is 16.1. The number of aromatic hydroxyl groups is 1. The number of carbonyl (C=O) groups excluding carboxylic acids is 4. The molecule has 0 atom stereocenters. The first-order valence-corrected chi connectivity index (χ1v) is 11.2. The fourth-order valence-electron chi connectivity index (χ4n) is 3.47. The van der Waals surface area contributed by atoms with Crippen LogP contribution in [0.3, 0.4) is 0 Å². The summed E-state index contributed by atoms with van der Waals surface area (Å²) in [5.74, 6) is -2.16.